The topological polar surface area (TPSA) is 132 Å². The number of nitrogens with one attached hydrogen (secondary N) is 3. The van der Waals surface area contributed by atoms with Crippen molar-refractivity contribution in [3.8, 4) is 11.1 Å². The van der Waals surface area contributed by atoms with E-state index in [-0.39, 0.29) is 11.1 Å². The van der Waals surface area contributed by atoms with Gasteiger partial charge in [0.25, 0.3) is 0 Å². The summed E-state index contributed by atoms with van der Waals surface area (Å²) in [7, 11) is 1.25. The first-order chi connectivity index (χ1) is 16.5. The summed E-state index contributed by atoms with van der Waals surface area (Å²) in [5, 5.41) is 16.7. The number of alkyl carbamates (subject to hydrolysis) is 1. The molecule has 0 aliphatic carbocycles. The molecule has 11 heteroatoms. The van der Waals surface area contributed by atoms with Gasteiger partial charge in [-0.2, -0.15) is 5.10 Å². The van der Waals surface area contributed by atoms with Gasteiger partial charge in [0.1, 0.15) is 5.60 Å². The first kappa shape index (κ1) is 26.0. The van der Waals surface area contributed by atoms with Crippen LogP contribution in [0.4, 0.5) is 21.0 Å². The van der Waals surface area contributed by atoms with Gasteiger partial charge in [-0.3, -0.25) is 10.1 Å². The van der Waals surface area contributed by atoms with Crippen LogP contribution in [0.25, 0.3) is 11.1 Å². The average Bonchev–Trinajstić information content (AvgIpc) is 2.77. The molecule has 0 spiro atoms. The van der Waals surface area contributed by atoms with E-state index in [1.165, 1.54) is 7.11 Å². The molecule has 2 aromatic rings. The van der Waals surface area contributed by atoms with Gasteiger partial charge in [0.2, 0.25) is 5.91 Å². The Kier molecular flexibility index (Phi) is 7.96. The van der Waals surface area contributed by atoms with Crippen molar-refractivity contribution in [1.82, 2.24) is 15.5 Å². The molecule has 2 heterocycles. The van der Waals surface area contributed by atoms with Crippen LogP contribution in [0.3, 0.4) is 0 Å². The molecule has 2 bridgehead atoms. The maximum atomic E-state index is 12.9. The van der Waals surface area contributed by atoms with E-state index in [2.05, 4.69) is 30.9 Å². The second-order valence-corrected chi connectivity index (χ2v) is 9.35. The van der Waals surface area contributed by atoms with Crippen molar-refractivity contribution >= 4 is 41.1 Å². The highest BCUT2D eigenvalue weighted by atomic mass is 35.5. The zero-order valence-electron chi connectivity index (χ0n) is 20.1. The molecule has 1 aliphatic heterocycles. The van der Waals surface area contributed by atoms with E-state index in [0.29, 0.717) is 34.6 Å². The average molecular weight is 502 g/mol. The quantitative estimate of drug-likeness (QED) is 0.489. The van der Waals surface area contributed by atoms with Crippen LogP contribution in [0.5, 0.6) is 0 Å². The molecule has 3 rings (SSSR count). The molecule has 2 atom stereocenters. The lowest BCUT2D eigenvalue weighted by Crippen LogP contribution is -2.35. The molecule has 186 valence electrons. The summed E-state index contributed by atoms with van der Waals surface area (Å²) in [4.78, 5) is 37.0. The fraction of sp³-hybridized carbons (Fsp3) is 0.375. The van der Waals surface area contributed by atoms with Gasteiger partial charge in [0, 0.05) is 16.8 Å². The number of ether oxygens (including phenoxy) is 2. The monoisotopic (exact) mass is 501 g/mol. The molecule has 1 aliphatic rings. The van der Waals surface area contributed by atoms with Crippen LogP contribution >= 0.6 is 11.6 Å². The van der Waals surface area contributed by atoms with Crippen LogP contribution in [-0.4, -0.2) is 41.0 Å². The Morgan fingerprint density at radius 1 is 1.14 bits per heavy atom. The van der Waals surface area contributed by atoms with Crippen LogP contribution in [0.15, 0.2) is 36.4 Å². The Morgan fingerprint density at radius 2 is 1.89 bits per heavy atom. The van der Waals surface area contributed by atoms with E-state index in [1.54, 1.807) is 64.1 Å². The Labute approximate surface area is 208 Å². The molecule has 0 radical (unpaired) electrons. The van der Waals surface area contributed by atoms with Crippen molar-refractivity contribution in [3.05, 3.63) is 47.3 Å². The summed E-state index contributed by atoms with van der Waals surface area (Å²) in [6.07, 6.45) is 2.62. The maximum absolute atomic E-state index is 12.9. The number of nitrogens with zero attached hydrogens (tertiary/aromatic N) is 2. The van der Waals surface area contributed by atoms with Crippen molar-refractivity contribution in [2.45, 2.75) is 45.8 Å². The summed E-state index contributed by atoms with van der Waals surface area (Å²) < 4.78 is 10.0. The first-order valence-corrected chi connectivity index (χ1v) is 11.3. The van der Waals surface area contributed by atoms with Gasteiger partial charge in [-0.15, -0.1) is 5.10 Å². The minimum atomic E-state index is -0.677. The zero-order valence-corrected chi connectivity index (χ0v) is 20.9. The standard InChI is InChI=1S/C24H28ClN5O5/c1-13-7-6-8-17(28-23(33)35-24(2,3)4)19-12-16(20(25)30-29-19)15-10-9-14(26-22(32)34-5)11-18(15)27-21(13)31/h6-7,9-13,17H,8H2,1-5H3,(H,26,32)(H,27,31)(H,28,33)/t13?,17-/m0/s1. The van der Waals surface area contributed by atoms with Gasteiger partial charge in [0.05, 0.1) is 30.5 Å². The zero-order chi connectivity index (χ0) is 25.8. The Balaban J connectivity index is 2.09. The van der Waals surface area contributed by atoms with E-state index in [4.69, 9.17) is 16.3 Å². The van der Waals surface area contributed by atoms with Crippen molar-refractivity contribution in [1.29, 1.82) is 0 Å². The highest BCUT2D eigenvalue weighted by Gasteiger charge is 2.24. The van der Waals surface area contributed by atoms with Crippen LogP contribution in [-0.2, 0) is 14.3 Å². The van der Waals surface area contributed by atoms with Crippen LogP contribution in [0, 0.1) is 5.92 Å². The number of halogens is 1. The predicted molar refractivity (Wildman–Crippen MR) is 132 cm³/mol. The number of hydrogen-bond acceptors (Lipinski definition) is 7. The van der Waals surface area contributed by atoms with Gasteiger partial charge in [-0.25, -0.2) is 9.59 Å². The number of aromatic nitrogens is 2. The summed E-state index contributed by atoms with van der Waals surface area (Å²) in [5.41, 5.74) is 1.65. The number of amides is 3. The Hall–Kier alpha value is -3.66. The third-order valence-corrected chi connectivity index (χ3v) is 5.30. The highest BCUT2D eigenvalue weighted by molar-refractivity contribution is 6.32. The largest absolute Gasteiger partial charge is 0.453 e. The maximum Gasteiger partial charge on any atom is 0.411 e. The van der Waals surface area contributed by atoms with Crippen molar-refractivity contribution in [2.75, 3.05) is 17.7 Å². The normalized spacial score (nSPS) is 17.7. The number of hydrogen-bond donors (Lipinski definition) is 3. The number of fused-ring (bicyclic) bond motifs is 4. The SMILES string of the molecule is COC(=O)Nc1ccc2c(c1)NC(=O)C(C)C=CC[C@H](NC(=O)OC(C)(C)C)c1cc-2c(Cl)nn1. The van der Waals surface area contributed by atoms with E-state index in [0.717, 1.165) is 0 Å². The summed E-state index contributed by atoms with van der Waals surface area (Å²) in [6.45, 7) is 7.06. The number of benzene rings is 1. The number of anilines is 2. The van der Waals surface area contributed by atoms with E-state index in [1.807, 2.05) is 0 Å². The molecule has 1 aromatic heterocycles. The summed E-state index contributed by atoms with van der Waals surface area (Å²) in [6, 6.07) is 6.05. The van der Waals surface area contributed by atoms with Crippen LogP contribution in [0.1, 0.15) is 45.9 Å². The minimum absolute atomic E-state index is 0.106. The highest BCUT2D eigenvalue weighted by Crippen LogP contribution is 2.36. The van der Waals surface area contributed by atoms with Crippen molar-refractivity contribution < 1.29 is 23.9 Å². The van der Waals surface area contributed by atoms with E-state index in [9.17, 15) is 14.4 Å². The number of methoxy groups -OCH3 is 1. The van der Waals surface area contributed by atoms with Gasteiger partial charge in [-0.1, -0.05) is 36.7 Å². The lowest BCUT2D eigenvalue weighted by Gasteiger charge is -2.23. The number of rotatable bonds is 2. The summed E-state index contributed by atoms with van der Waals surface area (Å²) in [5.74, 6) is -0.755. The lowest BCUT2D eigenvalue weighted by molar-refractivity contribution is -0.118. The van der Waals surface area contributed by atoms with Gasteiger partial charge < -0.3 is 20.1 Å². The lowest BCUT2D eigenvalue weighted by atomic mass is 9.99. The van der Waals surface area contributed by atoms with E-state index >= 15 is 0 Å². The molecule has 35 heavy (non-hydrogen) atoms. The van der Waals surface area contributed by atoms with Gasteiger partial charge >= 0.3 is 12.2 Å². The molecule has 3 N–H and O–H groups in total. The van der Waals surface area contributed by atoms with Crippen LogP contribution in [0.2, 0.25) is 5.15 Å². The Morgan fingerprint density at radius 3 is 2.57 bits per heavy atom. The van der Waals surface area contributed by atoms with Gasteiger partial charge in [-0.05, 0) is 45.4 Å². The van der Waals surface area contributed by atoms with Gasteiger partial charge in [0.15, 0.2) is 5.15 Å². The molecule has 1 unspecified atom stereocenters. The fourth-order valence-electron chi connectivity index (χ4n) is 3.34. The third-order valence-electron chi connectivity index (χ3n) is 5.03. The second kappa shape index (κ2) is 10.7. The summed E-state index contributed by atoms with van der Waals surface area (Å²) >= 11 is 6.40. The molecule has 3 amide bonds. The number of carbonyl (C=O) groups is 3. The Bertz CT molecular complexity index is 1160. The molecular weight excluding hydrogens is 474 g/mol. The molecule has 1 aromatic carbocycles. The molecule has 0 fully saturated rings. The smallest absolute Gasteiger partial charge is 0.411 e. The molecule has 0 saturated carbocycles. The predicted octanol–water partition coefficient (Wildman–Crippen LogP) is 5.08. The minimum Gasteiger partial charge on any atom is -0.453 e. The molecular formula is C24H28ClN5O5. The first-order valence-electron chi connectivity index (χ1n) is 11.0. The van der Waals surface area contributed by atoms with Crippen LogP contribution < -0.4 is 16.0 Å². The van der Waals surface area contributed by atoms with Crippen molar-refractivity contribution in [3.63, 3.8) is 0 Å². The third kappa shape index (κ3) is 6.92. The molecule has 0 saturated heterocycles. The second-order valence-electron chi connectivity index (χ2n) is 8.99. The molecule has 10 nitrogen and oxygen atoms in total. The van der Waals surface area contributed by atoms with Crippen molar-refractivity contribution in [2.24, 2.45) is 5.92 Å². The fourth-order valence-corrected chi connectivity index (χ4v) is 3.53. The van der Waals surface area contributed by atoms with E-state index < -0.39 is 29.7 Å². The number of carbonyl (C=O) groups excluding carboxylic acids is 3.